The molecule has 3 unspecified atom stereocenters. The Morgan fingerprint density at radius 2 is 1.65 bits per heavy atom. The smallest absolute Gasteiger partial charge is 0.748 e. The molecular weight excluding hydrogens is 587 g/mol. The summed E-state index contributed by atoms with van der Waals surface area (Å²) in [7, 11) is -4.41. The summed E-state index contributed by atoms with van der Waals surface area (Å²) >= 11 is 0. The minimum atomic E-state index is -4.41. The molecule has 0 spiro atoms. The van der Waals surface area contributed by atoms with Gasteiger partial charge in [0.2, 0.25) is 5.91 Å². The minimum absolute atomic E-state index is 0. The van der Waals surface area contributed by atoms with Crippen LogP contribution in [0.5, 0.6) is 0 Å². The van der Waals surface area contributed by atoms with E-state index >= 15 is 0 Å². The topological polar surface area (TPSA) is 118 Å². The van der Waals surface area contributed by atoms with Gasteiger partial charge in [0.25, 0.3) is 5.92 Å². The number of carbonyl (C=O) groups excluding carboxylic acids is 1. The number of hydrogen-bond donors (Lipinski definition) is 2. The number of carbonyl (C=O) groups is 1. The summed E-state index contributed by atoms with van der Waals surface area (Å²) in [6, 6.07) is -0.00165. The molecule has 0 aliphatic heterocycles. The van der Waals surface area contributed by atoms with Gasteiger partial charge in [-0.15, -0.1) is 0 Å². The maximum Gasteiger partial charge on any atom is 1.00 e. The van der Waals surface area contributed by atoms with Crippen LogP contribution in [0.25, 0.3) is 0 Å². The van der Waals surface area contributed by atoms with Crippen LogP contribution >= 0.6 is 0 Å². The van der Waals surface area contributed by atoms with Crippen LogP contribution in [0.1, 0.15) is 111 Å². The van der Waals surface area contributed by atoms with Crippen LogP contribution in [-0.4, -0.2) is 70.5 Å². The Hall–Kier alpha value is 0.160. The summed E-state index contributed by atoms with van der Waals surface area (Å²) in [5.74, 6) is -2.98. The molecule has 0 aromatic heterocycles. The molecule has 5 rings (SSSR count). The van der Waals surface area contributed by atoms with Gasteiger partial charge in [0.05, 0.1) is 22.0 Å². The first-order valence-corrected chi connectivity index (χ1v) is 18.1. The number of aliphatic hydroxyl groups is 2. The average Bonchev–Trinajstić information content (AvgIpc) is 3.26. The van der Waals surface area contributed by atoms with Crippen molar-refractivity contribution in [3.05, 3.63) is 0 Å². The van der Waals surface area contributed by atoms with Crippen LogP contribution in [-0.2, 0) is 14.9 Å². The zero-order chi connectivity index (χ0) is 30.7. The Kier molecular flexibility index (Phi) is 11.2. The number of rotatable bonds is 8. The van der Waals surface area contributed by atoms with E-state index in [1.165, 1.54) is 0 Å². The van der Waals surface area contributed by atoms with E-state index in [-0.39, 0.29) is 95.9 Å². The van der Waals surface area contributed by atoms with E-state index < -0.39 is 39.4 Å². The third-order valence-corrected chi connectivity index (χ3v) is 13.9. The van der Waals surface area contributed by atoms with Gasteiger partial charge in [0.15, 0.2) is 0 Å². The molecule has 11 heteroatoms. The van der Waals surface area contributed by atoms with Gasteiger partial charge in [-0.1, -0.05) is 40.0 Å². The molecule has 0 bridgehead atoms. The number of hydrogen-bond acceptors (Lipinski definition) is 6. The van der Waals surface area contributed by atoms with Crippen LogP contribution in [0, 0.1) is 46.3 Å². The molecule has 5 fully saturated rings. The number of halogens is 2. The molecule has 0 aromatic rings. The Bertz CT molecular complexity index is 1110. The molecule has 1 amide bonds. The number of amides is 1. The summed E-state index contributed by atoms with van der Waals surface area (Å²) in [4.78, 5) is 15.1. The fourth-order valence-corrected chi connectivity index (χ4v) is 11.4. The number of aliphatic hydroxyl groups excluding tert-OH is 2. The molecular formula is C32H52F2NNaO6S. The minimum Gasteiger partial charge on any atom is -0.748 e. The van der Waals surface area contributed by atoms with Gasteiger partial charge in [-0.05, 0) is 104 Å². The van der Waals surface area contributed by atoms with Crippen molar-refractivity contribution in [3.8, 4) is 0 Å². The van der Waals surface area contributed by atoms with Gasteiger partial charge < -0.3 is 19.7 Å². The van der Waals surface area contributed by atoms with Crippen LogP contribution < -0.4 is 29.6 Å². The van der Waals surface area contributed by atoms with E-state index in [0.29, 0.717) is 25.2 Å². The molecule has 43 heavy (non-hydrogen) atoms. The van der Waals surface area contributed by atoms with E-state index in [2.05, 4.69) is 13.8 Å². The van der Waals surface area contributed by atoms with E-state index in [1.807, 2.05) is 6.92 Å². The first-order chi connectivity index (χ1) is 19.6. The van der Waals surface area contributed by atoms with E-state index in [9.17, 15) is 36.8 Å². The largest absolute Gasteiger partial charge is 1.00 e. The summed E-state index contributed by atoms with van der Waals surface area (Å²) in [5, 5.41) is 21.6. The second-order valence-corrected chi connectivity index (χ2v) is 16.9. The summed E-state index contributed by atoms with van der Waals surface area (Å²) in [5.41, 5.74) is -0.631. The fraction of sp³-hybridized carbons (Fsp3) is 0.969. The van der Waals surface area contributed by atoms with Crippen LogP contribution in [0.15, 0.2) is 0 Å². The Labute approximate surface area is 279 Å². The van der Waals surface area contributed by atoms with Crippen LogP contribution in [0.3, 0.4) is 0 Å². The number of fused-ring (bicyclic) bond motifs is 5. The predicted octanol–water partition coefficient (Wildman–Crippen LogP) is 2.35. The second-order valence-electron chi connectivity index (χ2n) is 15.4. The molecule has 0 radical (unpaired) electrons. The van der Waals surface area contributed by atoms with E-state index in [4.69, 9.17) is 0 Å². The number of alkyl halides is 2. The standard InChI is InChI=1S/C32H53F2NO6S.Na/c1-20(9-12-28(38)35(15-16-42(39,40)41)22-7-5-4-6-8-22)23-10-11-24-29-25(13-14-30(23,24)2)31(3)19-32(33,34)27(37)18-21(31)17-26(29)36;/h20-27,29,36-37H,4-19H2,1-3H3,(H,39,40,41);/q;+1/p-1/t20-,21-,23-,24?,25?,26+,27-,29?,30-,31+;/m1./s1. The van der Waals surface area contributed by atoms with Crippen molar-refractivity contribution in [2.75, 3.05) is 12.3 Å². The molecule has 10 atom stereocenters. The Morgan fingerprint density at radius 3 is 2.30 bits per heavy atom. The molecule has 0 aromatic carbocycles. The summed E-state index contributed by atoms with van der Waals surface area (Å²) in [6.45, 7) is 6.46. The van der Waals surface area contributed by atoms with Crippen molar-refractivity contribution >= 4 is 16.0 Å². The van der Waals surface area contributed by atoms with Gasteiger partial charge in [0, 0.05) is 25.4 Å². The Balaban J connectivity index is 0.00000423. The molecule has 5 saturated carbocycles. The second kappa shape index (κ2) is 13.3. The third-order valence-electron chi connectivity index (χ3n) is 13.2. The molecule has 2 N–H and O–H groups in total. The van der Waals surface area contributed by atoms with Crippen molar-refractivity contribution in [3.63, 3.8) is 0 Å². The van der Waals surface area contributed by atoms with Gasteiger partial charge in [-0.3, -0.25) is 4.79 Å². The quantitative estimate of drug-likeness (QED) is 0.311. The SMILES string of the molecule is C[C@H](CCC(=O)N(CCS(=O)(=O)[O-])C1CCCCC1)[C@H]1CCC2C3C(CC[C@@]21C)[C@@]1(C)CC(F)(F)[C@H](O)C[C@H]1C[C@@H]3O.[Na+]. The zero-order valence-electron chi connectivity index (χ0n) is 26.6. The first-order valence-electron chi connectivity index (χ1n) is 16.5. The molecule has 5 aliphatic rings. The van der Waals surface area contributed by atoms with Crippen LogP contribution in [0.4, 0.5) is 8.78 Å². The van der Waals surface area contributed by atoms with Crippen molar-refractivity contribution in [1.82, 2.24) is 4.90 Å². The normalized spacial score (nSPS) is 41.7. The third kappa shape index (κ3) is 7.06. The van der Waals surface area contributed by atoms with E-state index in [1.54, 1.807) is 4.90 Å². The van der Waals surface area contributed by atoms with Gasteiger partial charge in [-0.25, -0.2) is 17.2 Å². The van der Waals surface area contributed by atoms with E-state index in [0.717, 1.165) is 57.8 Å². The maximum absolute atomic E-state index is 14.8. The summed E-state index contributed by atoms with van der Waals surface area (Å²) in [6.07, 6.45) is 7.50. The van der Waals surface area contributed by atoms with Crippen molar-refractivity contribution < 1.29 is 66.3 Å². The zero-order valence-corrected chi connectivity index (χ0v) is 29.5. The maximum atomic E-state index is 14.8. The molecule has 0 saturated heterocycles. The van der Waals surface area contributed by atoms with Crippen LogP contribution in [0.2, 0.25) is 0 Å². The molecule has 7 nitrogen and oxygen atoms in total. The van der Waals surface area contributed by atoms with Crippen molar-refractivity contribution in [2.45, 2.75) is 135 Å². The molecule has 242 valence electrons. The van der Waals surface area contributed by atoms with Crippen molar-refractivity contribution in [2.24, 2.45) is 46.3 Å². The molecule has 0 heterocycles. The van der Waals surface area contributed by atoms with Crippen molar-refractivity contribution in [1.29, 1.82) is 0 Å². The van der Waals surface area contributed by atoms with Gasteiger partial charge in [0.1, 0.15) is 6.10 Å². The molecule has 5 aliphatic carbocycles. The first kappa shape index (κ1) is 36.0. The summed E-state index contributed by atoms with van der Waals surface area (Å²) < 4.78 is 63.7. The monoisotopic (exact) mass is 639 g/mol. The number of nitrogens with zero attached hydrogens (tertiary/aromatic N) is 1. The Morgan fingerprint density at radius 1 is 1.00 bits per heavy atom. The fourth-order valence-electron chi connectivity index (χ4n) is 11.0. The van der Waals surface area contributed by atoms with Gasteiger partial charge in [-0.2, -0.15) is 0 Å². The predicted molar refractivity (Wildman–Crippen MR) is 154 cm³/mol. The average molecular weight is 640 g/mol. The van der Waals surface area contributed by atoms with Gasteiger partial charge >= 0.3 is 29.6 Å².